The van der Waals surface area contributed by atoms with Crippen LogP contribution in [0.25, 0.3) is 11.3 Å². The number of hydrogen-bond donors (Lipinski definition) is 1. The van der Waals surface area contributed by atoms with E-state index in [4.69, 9.17) is 14.1 Å². The molecule has 12 heteroatoms. The average molecular weight is 543 g/mol. The number of rotatable bonds is 9. The Morgan fingerprint density at radius 3 is 2.74 bits per heavy atom. The Labute approximate surface area is 231 Å². The van der Waals surface area contributed by atoms with Gasteiger partial charge in [0.05, 0.1) is 24.6 Å². The van der Waals surface area contributed by atoms with Gasteiger partial charge in [-0.2, -0.15) is 10.2 Å². The Hall–Kier alpha value is -3.82. The molecule has 1 atom stereocenters. The third-order valence-corrected chi connectivity index (χ3v) is 12.0. The maximum Gasteiger partial charge on any atom is 0.329 e. The van der Waals surface area contributed by atoms with Crippen molar-refractivity contribution in [2.45, 2.75) is 51.2 Å². The summed E-state index contributed by atoms with van der Waals surface area (Å²) in [5.74, 6) is 0.701. The second-order valence-corrected chi connectivity index (χ2v) is 16.2. The van der Waals surface area contributed by atoms with Crippen LogP contribution in [0.4, 0.5) is 17.3 Å². The van der Waals surface area contributed by atoms with Gasteiger partial charge in [0.2, 0.25) is 11.8 Å². The van der Waals surface area contributed by atoms with Crippen LogP contribution in [0.1, 0.15) is 38.8 Å². The predicted molar refractivity (Wildman–Crippen MR) is 154 cm³/mol. The first kappa shape index (κ1) is 28.2. The number of anilines is 3. The van der Waals surface area contributed by atoms with E-state index in [0.29, 0.717) is 41.9 Å². The van der Waals surface area contributed by atoms with Crippen LogP contribution in [0, 0.1) is 11.3 Å². The van der Waals surface area contributed by atoms with E-state index in [1.807, 2.05) is 10.9 Å². The van der Waals surface area contributed by atoms with Crippen molar-refractivity contribution in [3.8, 4) is 23.2 Å². The highest BCUT2D eigenvalue weighted by molar-refractivity contribution is 6.74. The fourth-order valence-corrected chi connectivity index (χ4v) is 5.44. The van der Waals surface area contributed by atoms with E-state index in [-0.39, 0.29) is 5.04 Å². The number of ether oxygens (including phenoxy) is 1. The summed E-state index contributed by atoms with van der Waals surface area (Å²) in [6.07, 6.45) is 5.37. The van der Waals surface area contributed by atoms with Gasteiger partial charge in [-0.15, -0.1) is 0 Å². The Kier molecular flexibility index (Phi) is 7.77. The van der Waals surface area contributed by atoms with Crippen molar-refractivity contribution in [1.29, 1.82) is 5.26 Å². The Bertz CT molecular complexity index is 1420. The Morgan fingerprint density at radius 2 is 2.08 bits per heavy atom. The van der Waals surface area contributed by atoms with Crippen LogP contribution in [-0.4, -0.2) is 62.1 Å². The van der Waals surface area contributed by atoms with E-state index >= 15 is 0 Å². The van der Waals surface area contributed by atoms with Crippen LogP contribution in [0.2, 0.25) is 18.1 Å². The molecule has 1 aromatic carbocycles. The van der Waals surface area contributed by atoms with Crippen molar-refractivity contribution >= 4 is 39.2 Å². The molecule has 0 spiro atoms. The summed E-state index contributed by atoms with van der Waals surface area (Å²) in [6, 6.07) is 7.96. The highest BCUT2D eigenvalue weighted by Gasteiger charge is 2.44. The fourth-order valence-electron chi connectivity index (χ4n) is 4.32. The van der Waals surface area contributed by atoms with Crippen molar-refractivity contribution in [1.82, 2.24) is 19.9 Å². The maximum atomic E-state index is 11.5. The van der Waals surface area contributed by atoms with Gasteiger partial charge >= 0.3 is 7.41 Å². The van der Waals surface area contributed by atoms with Gasteiger partial charge in [0.1, 0.15) is 24.3 Å². The van der Waals surface area contributed by atoms with Gasteiger partial charge < -0.3 is 24.1 Å². The van der Waals surface area contributed by atoms with E-state index in [9.17, 15) is 10.1 Å². The number of carbonyl (C=O) groups excluding carboxylic acids is 1. The molecule has 0 saturated heterocycles. The molecule has 0 aliphatic carbocycles. The van der Waals surface area contributed by atoms with Gasteiger partial charge in [-0.1, -0.05) is 27.7 Å². The molecule has 10 nitrogen and oxygen atoms in total. The molecule has 201 valence electrons. The van der Waals surface area contributed by atoms with Crippen molar-refractivity contribution in [3.05, 3.63) is 48.0 Å². The van der Waals surface area contributed by atoms with Gasteiger partial charge in [-0.05, 0) is 41.9 Å². The Balaban J connectivity index is 1.75. The van der Waals surface area contributed by atoms with Crippen LogP contribution in [0.3, 0.4) is 0 Å². The molecule has 39 heavy (non-hydrogen) atoms. The largest absolute Gasteiger partial charge is 0.479 e. The molecule has 0 saturated carbocycles. The lowest BCUT2D eigenvalue weighted by Gasteiger charge is -2.39. The quantitative estimate of drug-likeness (QED) is 0.306. The van der Waals surface area contributed by atoms with Crippen LogP contribution < -0.4 is 14.9 Å². The molecule has 0 amide bonds. The van der Waals surface area contributed by atoms with E-state index in [2.05, 4.69) is 67.1 Å². The lowest BCUT2D eigenvalue weighted by Crippen LogP contribution is -2.46. The summed E-state index contributed by atoms with van der Waals surface area (Å²) in [6.45, 7) is 14.2. The number of carbonyl (C=O) groups is 1. The fraction of sp³-hybridized carbons (Fsp3) is 0.407. The molecule has 3 aromatic rings. The minimum atomic E-state index is -2.05. The summed E-state index contributed by atoms with van der Waals surface area (Å²) in [5, 5.41) is 13.3. The van der Waals surface area contributed by atoms with Crippen LogP contribution in [0.5, 0.6) is 5.88 Å². The number of methoxy groups -OCH3 is 1. The van der Waals surface area contributed by atoms with E-state index in [0.717, 1.165) is 23.0 Å². The number of nitrogens with one attached hydrogen (secondary N) is 1. The standard InChI is InChI=1S/C27H33BN7O3Si/c1-26(2,3)39(6,7)38-15-27(4)14-35(28-16-36)23-19(12-29)10-18(11-20(23)27)21-8-9-31-25(33-21)34-22-13-30-17-32-24(22)37-5/h8-11,13,16-17H,14-15H2,1-7H3,(H,31,33,34). The second-order valence-electron chi connectivity index (χ2n) is 11.4. The summed E-state index contributed by atoms with van der Waals surface area (Å²) < 4.78 is 11.9. The number of nitriles is 1. The molecular weight excluding hydrogens is 509 g/mol. The lowest BCUT2D eigenvalue weighted by molar-refractivity contribution is 0.219. The molecule has 1 aliphatic heterocycles. The van der Waals surface area contributed by atoms with Gasteiger partial charge in [0.15, 0.2) is 8.32 Å². The van der Waals surface area contributed by atoms with E-state index in [1.54, 1.807) is 24.5 Å². The maximum absolute atomic E-state index is 11.5. The highest BCUT2D eigenvalue weighted by Crippen LogP contribution is 2.46. The van der Waals surface area contributed by atoms with Crippen molar-refractivity contribution < 1.29 is 14.0 Å². The summed E-state index contributed by atoms with van der Waals surface area (Å²) in [5.41, 5.74) is 3.61. The molecule has 1 radical (unpaired) electrons. The van der Waals surface area contributed by atoms with Crippen LogP contribution in [0.15, 0.2) is 36.9 Å². The first-order valence-corrected chi connectivity index (χ1v) is 15.6. The molecular formula is C27H33BN7O3Si. The van der Waals surface area contributed by atoms with Gasteiger partial charge in [-0.3, -0.25) is 0 Å². The van der Waals surface area contributed by atoms with E-state index in [1.165, 1.54) is 20.9 Å². The van der Waals surface area contributed by atoms with E-state index < -0.39 is 13.7 Å². The van der Waals surface area contributed by atoms with Crippen molar-refractivity contribution in [2.24, 2.45) is 0 Å². The topological polar surface area (TPSA) is 126 Å². The predicted octanol–water partition coefficient (Wildman–Crippen LogP) is 4.47. The highest BCUT2D eigenvalue weighted by atomic mass is 28.4. The number of benzene rings is 1. The minimum absolute atomic E-state index is 0.0515. The molecule has 3 heterocycles. The van der Waals surface area contributed by atoms with Crippen LogP contribution in [-0.2, 0) is 14.6 Å². The number of nitrogens with zero attached hydrogens (tertiary/aromatic N) is 6. The molecule has 1 unspecified atom stereocenters. The molecule has 2 aromatic heterocycles. The SMILES string of the molecule is COc1ncncc1Nc1nccc(-c2cc(C#N)c3c(c2)C(C)(CO[Si](C)(C)C(C)(C)C)CN3[B]C=O)n1. The van der Waals surface area contributed by atoms with Gasteiger partial charge in [0, 0.05) is 36.0 Å². The zero-order valence-electron chi connectivity index (χ0n) is 23.4. The summed E-state index contributed by atoms with van der Waals surface area (Å²) in [4.78, 5) is 30.5. The lowest BCUT2D eigenvalue weighted by atomic mass is 9.83. The first-order chi connectivity index (χ1) is 18.4. The third kappa shape index (κ3) is 5.65. The molecule has 1 N–H and O–H groups in total. The third-order valence-electron chi connectivity index (χ3n) is 7.55. The van der Waals surface area contributed by atoms with Gasteiger partial charge in [-0.25, -0.2) is 15.0 Å². The molecule has 0 bridgehead atoms. The van der Waals surface area contributed by atoms with Crippen molar-refractivity contribution in [3.63, 3.8) is 0 Å². The number of fused-ring (bicyclic) bond motifs is 1. The smallest absolute Gasteiger partial charge is 0.329 e. The second kappa shape index (κ2) is 10.7. The molecule has 1 aliphatic rings. The first-order valence-electron chi connectivity index (χ1n) is 12.6. The molecule has 0 fully saturated rings. The van der Waals surface area contributed by atoms with Crippen LogP contribution >= 0.6 is 0 Å². The monoisotopic (exact) mass is 542 g/mol. The number of aromatic nitrogens is 4. The van der Waals surface area contributed by atoms with Gasteiger partial charge in [0.25, 0.3) is 0 Å². The average Bonchev–Trinajstić information content (AvgIpc) is 3.19. The zero-order valence-corrected chi connectivity index (χ0v) is 24.4. The summed E-state index contributed by atoms with van der Waals surface area (Å²) in [7, 11) is 0.963. The Morgan fingerprint density at radius 1 is 1.31 bits per heavy atom. The van der Waals surface area contributed by atoms with Crippen molar-refractivity contribution in [2.75, 3.05) is 30.4 Å². The normalized spacial score (nSPS) is 16.8. The zero-order chi connectivity index (χ0) is 28.4. The number of hydrogen-bond acceptors (Lipinski definition) is 10. The minimum Gasteiger partial charge on any atom is -0.479 e. The summed E-state index contributed by atoms with van der Waals surface area (Å²) >= 11 is 0. The molecule has 4 rings (SSSR count).